The van der Waals surface area contributed by atoms with E-state index in [2.05, 4.69) is 4.98 Å². The van der Waals surface area contributed by atoms with Crippen LogP contribution in [0.1, 0.15) is 5.69 Å². The summed E-state index contributed by atoms with van der Waals surface area (Å²) in [4.78, 5) is 2.69. The topological polar surface area (TPSA) is 108 Å². The molecular formula is C9H14N2O5S2. The summed E-state index contributed by atoms with van der Waals surface area (Å²) in [5, 5.41) is 8.88. The largest absolute Gasteiger partial charge is 0.390 e. The van der Waals surface area contributed by atoms with Crippen LogP contribution in [-0.4, -0.2) is 55.8 Å². The van der Waals surface area contributed by atoms with Crippen LogP contribution in [0.15, 0.2) is 17.2 Å². The van der Waals surface area contributed by atoms with Crippen molar-refractivity contribution in [1.82, 2.24) is 9.29 Å². The fourth-order valence-electron chi connectivity index (χ4n) is 1.74. The molecule has 0 aliphatic carbocycles. The van der Waals surface area contributed by atoms with Gasteiger partial charge in [0, 0.05) is 25.0 Å². The van der Waals surface area contributed by atoms with Crippen LogP contribution in [0.4, 0.5) is 0 Å². The minimum atomic E-state index is -3.67. The molecule has 2 rings (SSSR count). The lowest BCUT2D eigenvalue weighted by Crippen LogP contribution is -2.43. The zero-order valence-corrected chi connectivity index (χ0v) is 11.2. The first-order valence-electron chi connectivity index (χ1n) is 5.34. The number of aliphatic hydroxyl groups excluding tert-OH is 1. The quantitative estimate of drug-likeness (QED) is 0.738. The summed E-state index contributed by atoms with van der Waals surface area (Å²) in [7, 11) is -6.79. The third-order valence-corrected chi connectivity index (χ3v) is 6.31. The lowest BCUT2D eigenvalue weighted by molar-refractivity contribution is 0.277. The van der Waals surface area contributed by atoms with Crippen molar-refractivity contribution in [3.63, 3.8) is 0 Å². The Morgan fingerprint density at radius 2 is 1.94 bits per heavy atom. The molecule has 0 spiro atoms. The number of nitrogens with one attached hydrogen (secondary N) is 1. The average molecular weight is 294 g/mol. The van der Waals surface area contributed by atoms with Gasteiger partial charge in [0.2, 0.25) is 10.0 Å². The van der Waals surface area contributed by atoms with Gasteiger partial charge in [-0.3, -0.25) is 0 Å². The van der Waals surface area contributed by atoms with Crippen LogP contribution in [0.5, 0.6) is 0 Å². The summed E-state index contributed by atoms with van der Waals surface area (Å²) in [6.45, 7) is -0.321. The number of hydrogen-bond donors (Lipinski definition) is 2. The minimum Gasteiger partial charge on any atom is -0.390 e. The van der Waals surface area contributed by atoms with Crippen LogP contribution < -0.4 is 0 Å². The lowest BCUT2D eigenvalue weighted by Gasteiger charge is -2.25. The first-order valence-corrected chi connectivity index (χ1v) is 8.60. The van der Waals surface area contributed by atoms with Crippen molar-refractivity contribution in [2.75, 3.05) is 24.6 Å². The average Bonchev–Trinajstić information content (AvgIpc) is 2.77. The van der Waals surface area contributed by atoms with Crippen molar-refractivity contribution < 1.29 is 21.9 Å². The zero-order valence-electron chi connectivity index (χ0n) is 9.53. The van der Waals surface area contributed by atoms with Crippen molar-refractivity contribution in [2.24, 2.45) is 0 Å². The molecule has 9 heteroatoms. The van der Waals surface area contributed by atoms with Crippen molar-refractivity contribution in [2.45, 2.75) is 11.5 Å². The minimum absolute atomic E-state index is 0.0235. The van der Waals surface area contributed by atoms with Crippen LogP contribution in [0.3, 0.4) is 0 Å². The summed E-state index contributed by atoms with van der Waals surface area (Å²) in [5.41, 5.74) is 0.401. The Morgan fingerprint density at radius 3 is 2.44 bits per heavy atom. The molecule has 0 bridgehead atoms. The van der Waals surface area contributed by atoms with Gasteiger partial charge in [0.1, 0.15) is 0 Å². The monoisotopic (exact) mass is 294 g/mol. The maximum atomic E-state index is 12.2. The summed E-state index contributed by atoms with van der Waals surface area (Å²) in [6.07, 6.45) is 1.30. The van der Waals surface area contributed by atoms with Gasteiger partial charge >= 0.3 is 0 Å². The van der Waals surface area contributed by atoms with Gasteiger partial charge in [-0.05, 0) is 6.07 Å². The maximum absolute atomic E-state index is 12.2. The Hall–Kier alpha value is -0.900. The molecule has 1 aliphatic rings. The molecule has 18 heavy (non-hydrogen) atoms. The molecule has 1 fully saturated rings. The van der Waals surface area contributed by atoms with Crippen LogP contribution in [0.2, 0.25) is 0 Å². The molecule has 0 atom stereocenters. The molecule has 0 amide bonds. The highest BCUT2D eigenvalue weighted by molar-refractivity contribution is 7.92. The van der Waals surface area contributed by atoms with Crippen LogP contribution in [0, 0.1) is 0 Å². The van der Waals surface area contributed by atoms with Gasteiger partial charge in [-0.1, -0.05) is 0 Å². The van der Waals surface area contributed by atoms with Crippen LogP contribution in [-0.2, 0) is 26.5 Å². The summed E-state index contributed by atoms with van der Waals surface area (Å²) < 4.78 is 48.0. The summed E-state index contributed by atoms with van der Waals surface area (Å²) in [6, 6.07) is 1.35. The van der Waals surface area contributed by atoms with E-state index in [0.717, 1.165) is 4.31 Å². The van der Waals surface area contributed by atoms with Crippen molar-refractivity contribution >= 4 is 19.9 Å². The molecule has 0 radical (unpaired) electrons. The predicted octanol–water partition coefficient (Wildman–Crippen LogP) is -1.07. The number of aliphatic hydroxyl groups is 1. The second-order valence-corrected chi connectivity index (χ2v) is 8.32. The lowest BCUT2D eigenvalue weighted by atomic mass is 10.5. The molecule has 2 N–H and O–H groups in total. The number of hydrogen-bond acceptors (Lipinski definition) is 5. The number of sulfone groups is 1. The van der Waals surface area contributed by atoms with E-state index >= 15 is 0 Å². The number of rotatable bonds is 3. The number of nitrogens with zero attached hydrogens (tertiary/aromatic N) is 1. The number of aromatic amines is 1. The summed E-state index contributed by atoms with van der Waals surface area (Å²) in [5.74, 6) is -0.299. The fourth-order valence-corrected chi connectivity index (χ4v) is 4.64. The molecule has 0 saturated carbocycles. The first-order chi connectivity index (χ1) is 8.35. The van der Waals surface area contributed by atoms with Gasteiger partial charge in [-0.15, -0.1) is 0 Å². The molecule has 1 aromatic heterocycles. The van der Waals surface area contributed by atoms with Gasteiger partial charge < -0.3 is 10.1 Å². The maximum Gasteiger partial charge on any atom is 0.244 e. The van der Waals surface area contributed by atoms with Crippen molar-refractivity contribution in [3.05, 3.63) is 18.0 Å². The van der Waals surface area contributed by atoms with Gasteiger partial charge in [0.05, 0.1) is 23.0 Å². The van der Waals surface area contributed by atoms with E-state index in [1.165, 1.54) is 12.3 Å². The molecule has 2 heterocycles. The van der Waals surface area contributed by atoms with E-state index in [0.29, 0.717) is 5.69 Å². The smallest absolute Gasteiger partial charge is 0.244 e. The highest BCUT2D eigenvalue weighted by Gasteiger charge is 2.31. The standard InChI is InChI=1S/C9H14N2O5S2/c12-7-8-5-9(6-10-8)18(15,16)11-1-3-17(13,14)4-2-11/h5-6,10,12H,1-4,7H2. The zero-order chi connectivity index (χ0) is 13.4. The Morgan fingerprint density at radius 1 is 1.33 bits per heavy atom. The molecule has 1 saturated heterocycles. The van der Waals surface area contributed by atoms with E-state index in [-0.39, 0.29) is 36.1 Å². The highest BCUT2D eigenvalue weighted by Crippen LogP contribution is 2.19. The van der Waals surface area contributed by atoms with Crippen molar-refractivity contribution in [1.29, 1.82) is 0 Å². The Kier molecular flexibility index (Phi) is 3.49. The van der Waals surface area contributed by atoms with E-state index in [1.807, 2.05) is 0 Å². The fraction of sp³-hybridized carbons (Fsp3) is 0.556. The van der Waals surface area contributed by atoms with Crippen molar-refractivity contribution in [3.8, 4) is 0 Å². The predicted molar refractivity (Wildman–Crippen MR) is 64.1 cm³/mol. The van der Waals surface area contributed by atoms with Gasteiger partial charge in [0.25, 0.3) is 0 Å². The molecular weight excluding hydrogens is 280 g/mol. The molecule has 102 valence electrons. The third-order valence-electron chi connectivity index (χ3n) is 2.83. The Labute approximate surface area is 105 Å². The van der Waals surface area contributed by atoms with E-state index in [4.69, 9.17) is 5.11 Å². The number of aromatic nitrogens is 1. The third kappa shape index (κ3) is 2.58. The normalized spacial score (nSPS) is 20.9. The van der Waals surface area contributed by atoms with E-state index in [9.17, 15) is 16.8 Å². The summed E-state index contributed by atoms with van der Waals surface area (Å²) >= 11 is 0. The second kappa shape index (κ2) is 4.65. The van der Waals surface area contributed by atoms with E-state index in [1.54, 1.807) is 0 Å². The van der Waals surface area contributed by atoms with Gasteiger partial charge in [-0.25, -0.2) is 16.8 Å². The molecule has 0 aromatic carbocycles. The highest BCUT2D eigenvalue weighted by atomic mass is 32.2. The van der Waals surface area contributed by atoms with Gasteiger partial charge in [0.15, 0.2) is 9.84 Å². The SMILES string of the molecule is O=S1(=O)CCN(S(=O)(=O)c2c[nH]c(CO)c2)CC1. The van der Waals surface area contributed by atoms with Gasteiger partial charge in [-0.2, -0.15) is 4.31 Å². The molecule has 1 aromatic rings. The van der Waals surface area contributed by atoms with Crippen LogP contribution in [0.25, 0.3) is 0 Å². The Bertz CT molecular complexity index is 618. The molecule has 7 nitrogen and oxygen atoms in total. The Balaban J connectivity index is 2.22. The molecule has 0 unspecified atom stereocenters. The number of sulfonamides is 1. The molecule has 1 aliphatic heterocycles. The van der Waals surface area contributed by atoms with Crippen LogP contribution >= 0.6 is 0 Å². The van der Waals surface area contributed by atoms with E-state index < -0.39 is 19.9 Å². The second-order valence-electron chi connectivity index (χ2n) is 4.07. The number of H-pyrrole nitrogens is 1. The first kappa shape index (κ1) is 13.5.